The Hall–Kier alpha value is -1.82. The summed E-state index contributed by atoms with van der Waals surface area (Å²) in [6, 6.07) is 7.26. The average molecular weight is 495 g/mol. The third-order valence-corrected chi connectivity index (χ3v) is 6.60. The Morgan fingerprint density at radius 1 is 0.700 bits per heavy atom. The lowest BCUT2D eigenvalue weighted by molar-refractivity contribution is 0.101. The van der Waals surface area contributed by atoms with Gasteiger partial charge in [-0.25, -0.2) is 0 Å². The Labute approximate surface area is 183 Å². The summed E-state index contributed by atoms with van der Waals surface area (Å²) in [5, 5.41) is 0. The molecule has 0 radical (unpaired) electrons. The van der Waals surface area contributed by atoms with E-state index in [1.54, 1.807) is 0 Å². The molecular formula is C18H16Cl2O8S2. The molecular weight excluding hydrogens is 479 g/mol. The molecule has 0 aliphatic carbocycles. The maximum absolute atomic E-state index is 11.7. The first-order valence-corrected chi connectivity index (χ1v) is 12.2. The highest BCUT2D eigenvalue weighted by Gasteiger charge is 2.21. The van der Waals surface area contributed by atoms with Crippen molar-refractivity contribution in [3.8, 4) is 0 Å². The molecule has 0 atom stereocenters. The second-order valence-corrected chi connectivity index (χ2v) is 9.52. The molecule has 0 aromatic heterocycles. The number of Topliss-reactive ketones (excluding diaryl/α,β-unsaturated/α-hetero) is 2. The first-order valence-electron chi connectivity index (χ1n) is 8.27. The van der Waals surface area contributed by atoms with E-state index in [4.69, 9.17) is 23.2 Å². The van der Waals surface area contributed by atoms with Crippen LogP contribution in [0.4, 0.5) is 0 Å². The van der Waals surface area contributed by atoms with E-state index < -0.39 is 41.6 Å². The van der Waals surface area contributed by atoms with Crippen LogP contribution in [0, 0.1) is 0 Å². The maximum Gasteiger partial charge on any atom is 0.294 e. The van der Waals surface area contributed by atoms with Crippen molar-refractivity contribution in [1.82, 2.24) is 0 Å². The summed E-state index contributed by atoms with van der Waals surface area (Å²) in [4.78, 5) is 22.4. The molecule has 8 nitrogen and oxygen atoms in total. The number of aryl methyl sites for hydroxylation is 2. The van der Waals surface area contributed by atoms with Gasteiger partial charge in [0.2, 0.25) is 0 Å². The molecule has 0 aliphatic heterocycles. The van der Waals surface area contributed by atoms with Gasteiger partial charge < -0.3 is 0 Å². The number of ketones is 2. The highest BCUT2D eigenvalue weighted by molar-refractivity contribution is 7.86. The minimum absolute atomic E-state index is 0.0102. The van der Waals surface area contributed by atoms with E-state index in [-0.39, 0.29) is 46.9 Å². The van der Waals surface area contributed by atoms with Crippen molar-refractivity contribution in [1.29, 1.82) is 0 Å². The summed E-state index contributed by atoms with van der Waals surface area (Å²) in [5.74, 6) is -1.84. The topological polar surface area (TPSA) is 143 Å². The van der Waals surface area contributed by atoms with E-state index in [1.807, 2.05) is 0 Å². The van der Waals surface area contributed by atoms with Gasteiger partial charge in [0.05, 0.1) is 21.6 Å². The zero-order valence-electron chi connectivity index (χ0n) is 15.2. The fourth-order valence-electron chi connectivity index (χ4n) is 2.77. The van der Waals surface area contributed by atoms with Crippen LogP contribution in [0.25, 0.3) is 0 Å². The van der Waals surface area contributed by atoms with E-state index in [0.29, 0.717) is 0 Å². The van der Waals surface area contributed by atoms with E-state index in [9.17, 15) is 35.5 Å². The number of halogens is 2. The van der Waals surface area contributed by atoms with Crippen LogP contribution >= 0.6 is 23.2 Å². The van der Waals surface area contributed by atoms with E-state index >= 15 is 0 Å². The SMILES string of the molecule is O=C(CCl)c1ccc(CCc2ccc(C(=O)CCl)cc2S(=O)(=O)O)c(S(=O)(=O)O)c1. The third kappa shape index (κ3) is 5.87. The number of rotatable bonds is 9. The van der Waals surface area contributed by atoms with Gasteiger partial charge in [-0.05, 0) is 36.1 Å². The van der Waals surface area contributed by atoms with Crippen molar-refractivity contribution in [3.63, 3.8) is 0 Å². The molecule has 0 spiro atoms. The molecule has 0 saturated carbocycles. The normalized spacial score (nSPS) is 12.0. The van der Waals surface area contributed by atoms with Crippen LogP contribution in [-0.4, -0.2) is 49.3 Å². The standard InChI is InChI=1S/C18H16Cl2O8S2/c19-9-15(21)13-5-3-11(17(7-13)29(23,24)25)1-2-12-4-6-14(16(22)10-20)8-18(12)30(26,27)28/h3-8H,1-2,9-10H2,(H,23,24,25)(H,26,27,28). The van der Waals surface area contributed by atoms with Gasteiger partial charge in [-0.3, -0.25) is 18.7 Å². The van der Waals surface area contributed by atoms with Crippen molar-refractivity contribution >= 4 is 55.0 Å². The number of alkyl halides is 2. The maximum atomic E-state index is 11.7. The van der Waals surface area contributed by atoms with E-state index in [1.165, 1.54) is 24.3 Å². The van der Waals surface area contributed by atoms with Crippen LogP contribution in [0.3, 0.4) is 0 Å². The van der Waals surface area contributed by atoms with Gasteiger partial charge in [0.25, 0.3) is 20.2 Å². The molecule has 2 aromatic carbocycles. The Kier molecular flexibility index (Phi) is 7.78. The second-order valence-electron chi connectivity index (χ2n) is 6.21. The molecule has 0 amide bonds. The predicted octanol–water partition coefficient (Wildman–Crippen LogP) is 2.81. The van der Waals surface area contributed by atoms with Crippen molar-refractivity contribution in [3.05, 3.63) is 58.7 Å². The monoisotopic (exact) mass is 494 g/mol. The van der Waals surface area contributed by atoms with Crippen molar-refractivity contribution in [2.75, 3.05) is 11.8 Å². The van der Waals surface area contributed by atoms with Crippen LogP contribution in [0.15, 0.2) is 46.2 Å². The molecule has 2 rings (SSSR count). The molecule has 0 unspecified atom stereocenters. The van der Waals surface area contributed by atoms with E-state index in [0.717, 1.165) is 12.1 Å². The fourth-order valence-corrected chi connectivity index (χ4v) is 4.64. The number of carbonyl (C=O) groups is 2. The van der Waals surface area contributed by atoms with Crippen LogP contribution < -0.4 is 0 Å². The smallest absolute Gasteiger partial charge is 0.293 e. The molecule has 2 aromatic rings. The van der Waals surface area contributed by atoms with Crippen LogP contribution in [0.2, 0.25) is 0 Å². The zero-order valence-corrected chi connectivity index (χ0v) is 18.4. The molecule has 0 aliphatic rings. The molecule has 2 N–H and O–H groups in total. The number of benzene rings is 2. The van der Waals surface area contributed by atoms with Gasteiger partial charge in [-0.1, -0.05) is 24.3 Å². The van der Waals surface area contributed by atoms with Crippen LogP contribution in [0.5, 0.6) is 0 Å². The van der Waals surface area contributed by atoms with Crippen molar-refractivity contribution in [2.45, 2.75) is 22.6 Å². The molecule has 0 fully saturated rings. The summed E-state index contributed by atoms with van der Waals surface area (Å²) in [7, 11) is -9.37. The number of hydrogen-bond acceptors (Lipinski definition) is 6. The van der Waals surface area contributed by atoms with Gasteiger partial charge >= 0.3 is 0 Å². The Morgan fingerprint density at radius 3 is 1.30 bits per heavy atom. The van der Waals surface area contributed by atoms with Gasteiger partial charge in [0.1, 0.15) is 0 Å². The highest BCUT2D eigenvalue weighted by atomic mass is 35.5. The molecule has 30 heavy (non-hydrogen) atoms. The fraction of sp³-hybridized carbons (Fsp3) is 0.222. The zero-order chi connectivity index (χ0) is 22.7. The Bertz CT molecular complexity index is 1110. The van der Waals surface area contributed by atoms with Crippen LogP contribution in [-0.2, 0) is 33.1 Å². The molecule has 0 bridgehead atoms. The quantitative estimate of drug-likeness (QED) is 0.307. The largest absolute Gasteiger partial charge is 0.294 e. The lowest BCUT2D eigenvalue weighted by Crippen LogP contribution is -2.10. The minimum atomic E-state index is -4.68. The van der Waals surface area contributed by atoms with Gasteiger partial charge in [0, 0.05) is 11.1 Å². The van der Waals surface area contributed by atoms with Gasteiger partial charge in [-0.2, -0.15) is 16.8 Å². The summed E-state index contributed by atoms with van der Waals surface area (Å²) >= 11 is 10.9. The predicted molar refractivity (Wildman–Crippen MR) is 110 cm³/mol. The minimum Gasteiger partial charge on any atom is -0.293 e. The first kappa shape index (κ1) is 24.4. The highest BCUT2D eigenvalue weighted by Crippen LogP contribution is 2.24. The summed E-state index contributed by atoms with van der Waals surface area (Å²) < 4.78 is 65.9. The van der Waals surface area contributed by atoms with Crippen LogP contribution in [0.1, 0.15) is 31.8 Å². The number of hydrogen-bond donors (Lipinski definition) is 2. The Balaban J connectivity index is 2.46. The third-order valence-electron chi connectivity index (χ3n) is 4.24. The van der Waals surface area contributed by atoms with E-state index in [2.05, 4.69) is 0 Å². The molecule has 0 saturated heterocycles. The van der Waals surface area contributed by atoms with Gasteiger partial charge in [-0.15, -0.1) is 23.2 Å². The molecule has 12 heteroatoms. The summed E-state index contributed by atoms with van der Waals surface area (Å²) in [5.41, 5.74) is 0.213. The summed E-state index contributed by atoms with van der Waals surface area (Å²) in [6.45, 7) is 0. The average Bonchev–Trinajstić information content (AvgIpc) is 2.69. The summed E-state index contributed by atoms with van der Waals surface area (Å²) in [6.07, 6.45) is -0.119. The van der Waals surface area contributed by atoms with Gasteiger partial charge in [0.15, 0.2) is 11.6 Å². The molecule has 162 valence electrons. The first-order chi connectivity index (χ1) is 13.9. The lowest BCUT2D eigenvalue weighted by atomic mass is 10.0. The van der Waals surface area contributed by atoms with Crippen molar-refractivity contribution < 1.29 is 35.5 Å². The second kappa shape index (κ2) is 9.54. The number of carbonyl (C=O) groups excluding carboxylic acids is 2. The van der Waals surface area contributed by atoms with Crippen molar-refractivity contribution in [2.24, 2.45) is 0 Å². The Morgan fingerprint density at radius 2 is 1.03 bits per heavy atom. The molecule has 0 heterocycles. The lowest BCUT2D eigenvalue weighted by Gasteiger charge is -2.12.